The Hall–Kier alpha value is -2.50. The summed E-state index contributed by atoms with van der Waals surface area (Å²) in [4.78, 5) is 13.5. The third kappa shape index (κ3) is 2.77. The van der Waals surface area contributed by atoms with E-state index in [1.54, 1.807) is 0 Å². The molecule has 1 aromatic heterocycles. The quantitative estimate of drug-likeness (QED) is 0.815. The van der Waals surface area contributed by atoms with Gasteiger partial charge in [0.15, 0.2) is 5.82 Å². The first kappa shape index (κ1) is 14.4. The lowest BCUT2D eigenvalue weighted by Crippen LogP contribution is -2.29. The van der Waals surface area contributed by atoms with Crippen molar-refractivity contribution in [1.82, 2.24) is 9.78 Å². The van der Waals surface area contributed by atoms with Gasteiger partial charge >= 0.3 is 0 Å². The van der Waals surface area contributed by atoms with Gasteiger partial charge in [0.25, 0.3) is 5.91 Å². The smallest absolute Gasteiger partial charge is 0.251 e. The minimum Gasteiger partial charge on any atom is -0.287 e. The maximum Gasteiger partial charge on any atom is 0.251 e. The number of carbonyl (C=O) groups is 1. The highest BCUT2D eigenvalue weighted by Crippen LogP contribution is 2.23. The van der Waals surface area contributed by atoms with Crippen LogP contribution in [0.5, 0.6) is 0 Å². The second kappa shape index (κ2) is 5.71. The van der Waals surface area contributed by atoms with E-state index in [2.05, 4.69) is 11.7 Å². The number of carbonyl (C=O) groups excluding carboxylic acids is 1. The molecule has 3 rings (SSSR count). The van der Waals surface area contributed by atoms with Gasteiger partial charge in [0, 0.05) is 24.4 Å². The molecule has 0 saturated heterocycles. The predicted octanol–water partition coefficient (Wildman–Crippen LogP) is 2.83. The fourth-order valence-corrected chi connectivity index (χ4v) is 2.64. The fraction of sp³-hybridized carbons (Fsp3) is 0.250. The summed E-state index contributed by atoms with van der Waals surface area (Å²) >= 11 is 0. The number of hydrogen-bond acceptors (Lipinski definition) is 2. The Labute approximate surface area is 126 Å². The van der Waals surface area contributed by atoms with Crippen LogP contribution in [0.4, 0.5) is 14.6 Å². The predicted molar refractivity (Wildman–Crippen MR) is 78.3 cm³/mol. The first-order valence-corrected chi connectivity index (χ1v) is 7.02. The second-order valence-electron chi connectivity index (χ2n) is 5.23. The van der Waals surface area contributed by atoms with Crippen LogP contribution in [0.25, 0.3) is 0 Å². The average Bonchev–Trinajstić information content (AvgIpc) is 3.04. The topological polar surface area (TPSA) is 38.1 Å². The highest BCUT2D eigenvalue weighted by molar-refractivity contribution is 6.00. The van der Waals surface area contributed by atoms with Crippen molar-refractivity contribution < 1.29 is 13.6 Å². The van der Waals surface area contributed by atoms with E-state index in [4.69, 9.17) is 0 Å². The molecule has 1 aromatic carbocycles. The Kier molecular flexibility index (Phi) is 3.75. The molecular formula is C16H15F2N3O. The number of aryl methyl sites for hydroxylation is 2. The number of nitrogens with zero attached hydrogens (tertiary/aromatic N) is 3. The van der Waals surface area contributed by atoms with Gasteiger partial charge in [-0.3, -0.25) is 14.4 Å². The van der Waals surface area contributed by atoms with Crippen molar-refractivity contribution in [1.29, 1.82) is 0 Å². The molecule has 0 aliphatic carbocycles. The molecule has 2 aromatic rings. The fourth-order valence-electron chi connectivity index (χ4n) is 2.64. The molecule has 0 saturated carbocycles. The van der Waals surface area contributed by atoms with Crippen LogP contribution in [0.2, 0.25) is 0 Å². The lowest BCUT2D eigenvalue weighted by atomic mass is 10.2. The van der Waals surface area contributed by atoms with E-state index in [0.29, 0.717) is 11.4 Å². The largest absolute Gasteiger partial charge is 0.287 e. The number of rotatable bonds is 4. The molecule has 0 bridgehead atoms. The van der Waals surface area contributed by atoms with Gasteiger partial charge in [0.2, 0.25) is 0 Å². The molecule has 1 aliphatic heterocycles. The normalized spacial score (nSPS) is 13.0. The highest BCUT2D eigenvalue weighted by Gasteiger charge is 2.21. The first-order valence-electron chi connectivity index (χ1n) is 7.02. The van der Waals surface area contributed by atoms with Crippen molar-refractivity contribution in [3.63, 3.8) is 0 Å². The van der Waals surface area contributed by atoms with Gasteiger partial charge in [-0.05, 0) is 36.6 Å². The number of benzene rings is 1. The minimum absolute atomic E-state index is 0.0377. The summed E-state index contributed by atoms with van der Waals surface area (Å²) in [5.74, 6) is -1.23. The van der Waals surface area contributed by atoms with Gasteiger partial charge in [0.05, 0.1) is 6.54 Å². The first-order chi connectivity index (χ1) is 10.6. The van der Waals surface area contributed by atoms with Crippen molar-refractivity contribution in [3.05, 3.63) is 59.8 Å². The molecule has 0 fully saturated rings. The number of fused-ring (bicyclic) bond motifs is 1. The van der Waals surface area contributed by atoms with Crippen molar-refractivity contribution in [3.8, 4) is 0 Å². The lowest BCUT2D eigenvalue weighted by molar-refractivity contribution is -0.114. The molecule has 0 spiro atoms. The average molecular weight is 303 g/mol. The van der Waals surface area contributed by atoms with E-state index in [-0.39, 0.29) is 12.5 Å². The Bertz CT molecular complexity index is 697. The van der Waals surface area contributed by atoms with E-state index in [1.807, 2.05) is 10.7 Å². The van der Waals surface area contributed by atoms with Crippen molar-refractivity contribution in [2.24, 2.45) is 0 Å². The van der Waals surface area contributed by atoms with Crippen LogP contribution < -0.4 is 4.90 Å². The van der Waals surface area contributed by atoms with E-state index in [9.17, 15) is 13.6 Å². The molecule has 22 heavy (non-hydrogen) atoms. The summed E-state index contributed by atoms with van der Waals surface area (Å²) in [6, 6.07) is 5.05. The molecule has 114 valence electrons. The lowest BCUT2D eigenvalue weighted by Gasteiger charge is -2.19. The van der Waals surface area contributed by atoms with E-state index in [0.717, 1.165) is 31.1 Å². The monoisotopic (exact) mass is 303 g/mol. The summed E-state index contributed by atoms with van der Waals surface area (Å²) in [5, 5.41) is 4.39. The van der Waals surface area contributed by atoms with Crippen LogP contribution in [0.15, 0.2) is 36.9 Å². The summed E-state index contributed by atoms with van der Waals surface area (Å²) in [7, 11) is 0. The van der Waals surface area contributed by atoms with Crippen LogP contribution in [-0.4, -0.2) is 15.7 Å². The van der Waals surface area contributed by atoms with Crippen LogP contribution in [0.1, 0.15) is 17.7 Å². The summed E-state index contributed by atoms with van der Waals surface area (Å²) in [5.41, 5.74) is 1.42. The number of aromatic nitrogens is 2. The molecule has 0 radical (unpaired) electrons. The molecule has 1 aliphatic rings. The molecule has 2 heterocycles. The van der Waals surface area contributed by atoms with E-state index >= 15 is 0 Å². The standard InChI is InChI=1S/C16H15F2N3O/c1-2-16(22)20(10-11-6-12(17)8-13(18)7-11)15-9-14-4-3-5-21(14)19-15/h2,6-9H,1,3-5,10H2. The third-order valence-corrected chi connectivity index (χ3v) is 3.63. The van der Waals surface area contributed by atoms with Gasteiger partial charge in [-0.25, -0.2) is 8.78 Å². The van der Waals surface area contributed by atoms with Crippen LogP contribution in [0, 0.1) is 11.6 Å². The zero-order valence-electron chi connectivity index (χ0n) is 11.9. The number of hydrogen-bond donors (Lipinski definition) is 0. The maximum atomic E-state index is 13.3. The van der Waals surface area contributed by atoms with Gasteiger partial charge in [0.1, 0.15) is 11.6 Å². The Morgan fingerprint density at radius 2 is 2.05 bits per heavy atom. The van der Waals surface area contributed by atoms with Crippen molar-refractivity contribution in [2.45, 2.75) is 25.9 Å². The minimum atomic E-state index is -0.673. The summed E-state index contributed by atoms with van der Waals surface area (Å²) in [6.45, 7) is 4.33. The van der Waals surface area contributed by atoms with Gasteiger partial charge < -0.3 is 0 Å². The second-order valence-corrected chi connectivity index (χ2v) is 5.23. The van der Waals surface area contributed by atoms with E-state index < -0.39 is 11.6 Å². The van der Waals surface area contributed by atoms with Crippen molar-refractivity contribution >= 4 is 11.7 Å². The van der Waals surface area contributed by atoms with Crippen LogP contribution >= 0.6 is 0 Å². The van der Waals surface area contributed by atoms with Crippen LogP contribution in [0.3, 0.4) is 0 Å². The third-order valence-electron chi connectivity index (χ3n) is 3.63. The maximum absolute atomic E-state index is 13.3. The molecule has 0 N–H and O–H groups in total. The van der Waals surface area contributed by atoms with Gasteiger partial charge in [-0.15, -0.1) is 0 Å². The Balaban J connectivity index is 1.92. The summed E-state index contributed by atoms with van der Waals surface area (Å²) in [6.07, 6.45) is 3.12. The van der Waals surface area contributed by atoms with Gasteiger partial charge in [-0.2, -0.15) is 5.10 Å². The highest BCUT2D eigenvalue weighted by atomic mass is 19.1. The van der Waals surface area contributed by atoms with Crippen LogP contribution in [-0.2, 0) is 24.3 Å². The SMILES string of the molecule is C=CC(=O)N(Cc1cc(F)cc(F)c1)c1cc2n(n1)CCC2. The molecule has 6 heteroatoms. The molecule has 0 unspecified atom stereocenters. The molecule has 1 amide bonds. The molecule has 0 atom stereocenters. The van der Waals surface area contributed by atoms with Crippen molar-refractivity contribution in [2.75, 3.05) is 4.90 Å². The molecular weight excluding hydrogens is 288 g/mol. The summed E-state index contributed by atoms with van der Waals surface area (Å²) < 4.78 is 28.5. The Morgan fingerprint density at radius 1 is 1.32 bits per heavy atom. The zero-order chi connectivity index (χ0) is 15.7. The van der Waals surface area contributed by atoms with Gasteiger partial charge in [-0.1, -0.05) is 6.58 Å². The number of halogens is 2. The number of amides is 1. The van der Waals surface area contributed by atoms with E-state index in [1.165, 1.54) is 23.1 Å². The zero-order valence-corrected chi connectivity index (χ0v) is 11.9. The molecule has 4 nitrogen and oxygen atoms in total. The number of anilines is 1. The Morgan fingerprint density at radius 3 is 2.68 bits per heavy atom.